The van der Waals surface area contributed by atoms with Crippen molar-refractivity contribution >= 4 is 97.2 Å². The Morgan fingerprint density at radius 1 is 0.647 bits per heavy atom. The highest BCUT2D eigenvalue weighted by molar-refractivity contribution is 7.27. The fourth-order valence-electron chi connectivity index (χ4n) is 5.27. The first-order valence-corrected chi connectivity index (χ1v) is 13.1. The molecule has 160 valence electrons. The zero-order valence-electron chi connectivity index (χ0n) is 17.7. The Labute approximate surface area is 207 Å². The van der Waals surface area contributed by atoms with Gasteiger partial charge in [0.2, 0.25) is 0 Å². The summed E-state index contributed by atoms with van der Waals surface area (Å²) in [5.41, 5.74) is 3.38. The van der Waals surface area contributed by atoms with Crippen LogP contribution in [0.3, 0.4) is 0 Å². The predicted molar refractivity (Wildman–Crippen MR) is 149 cm³/mol. The predicted octanol–water partition coefficient (Wildman–Crippen LogP) is 9.57. The summed E-state index contributed by atoms with van der Waals surface area (Å²) in [4.78, 5) is 5.26. The molecule has 8 rings (SSSR count). The maximum atomic E-state index is 6.78. The number of fused-ring (bicyclic) bond motifs is 10. The number of hydrogen-bond acceptors (Lipinski definition) is 3. The van der Waals surface area contributed by atoms with Crippen molar-refractivity contribution in [1.82, 2.24) is 9.55 Å². The van der Waals surface area contributed by atoms with Gasteiger partial charge >= 0.3 is 0 Å². The molecule has 0 radical (unpaired) electrons. The van der Waals surface area contributed by atoms with Gasteiger partial charge in [-0.3, -0.25) is 4.57 Å². The molecule has 8 aromatic rings. The molecule has 3 aromatic heterocycles. The van der Waals surface area contributed by atoms with Gasteiger partial charge in [0.1, 0.15) is 0 Å². The molecule has 0 amide bonds. The summed E-state index contributed by atoms with van der Waals surface area (Å²) in [5, 5.41) is 9.19. The van der Waals surface area contributed by atoms with Crippen molar-refractivity contribution in [3.05, 3.63) is 96.0 Å². The van der Waals surface area contributed by atoms with E-state index in [-0.39, 0.29) is 0 Å². The quantitative estimate of drug-likeness (QED) is 0.224. The molecule has 0 N–H and O–H groups in total. The molecule has 0 spiro atoms. The molecule has 0 aliphatic heterocycles. The molecule has 0 aliphatic carbocycles. The van der Waals surface area contributed by atoms with Crippen LogP contribution in [-0.2, 0) is 0 Å². The summed E-state index contributed by atoms with van der Waals surface area (Å²) in [6, 6.07) is 32.3. The Hall–Kier alpha value is -3.44. The number of benzene rings is 5. The van der Waals surface area contributed by atoms with Crippen LogP contribution < -0.4 is 0 Å². The highest BCUT2D eigenvalue weighted by Crippen LogP contribution is 2.45. The monoisotopic (exact) mass is 490 g/mol. The fourth-order valence-corrected chi connectivity index (χ4v) is 7.81. The first kappa shape index (κ1) is 18.9. The van der Waals surface area contributed by atoms with E-state index in [9.17, 15) is 0 Å². The Bertz CT molecular complexity index is 2090. The van der Waals surface area contributed by atoms with E-state index in [1.54, 1.807) is 22.7 Å². The third kappa shape index (κ3) is 2.43. The summed E-state index contributed by atoms with van der Waals surface area (Å²) >= 11 is 10.2. The maximum absolute atomic E-state index is 6.78. The number of para-hydroxylation sites is 1. The lowest BCUT2D eigenvalue weighted by Crippen LogP contribution is -1.92. The number of thiazole rings is 1. The summed E-state index contributed by atoms with van der Waals surface area (Å²) < 4.78 is 5.78. The topological polar surface area (TPSA) is 17.8 Å². The van der Waals surface area contributed by atoms with E-state index in [1.165, 1.54) is 42.7 Å². The Kier molecular flexibility index (Phi) is 3.78. The van der Waals surface area contributed by atoms with Crippen LogP contribution >= 0.6 is 34.3 Å². The molecule has 0 aliphatic rings. The highest BCUT2D eigenvalue weighted by atomic mass is 35.5. The Morgan fingerprint density at radius 2 is 1.41 bits per heavy atom. The minimum absolute atomic E-state index is 0.798. The van der Waals surface area contributed by atoms with Gasteiger partial charge in [-0.25, -0.2) is 4.98 Å². The highest BCUT2D eigenvalue weighted by Gasteiger charge is 2.20. The van der Waals surface area contributed by atoms with Crippen LogP contribution in [0, 0.1) is 0 Å². The van der Waals surface area contributed by atoms with Crippen molar-refractivity contribution in [1.29, 1.82) is 0 Å². The minimum Gasteiger partial charge on any atom is -0.285 e. The summed E-state index contributed by atoms with van der Waals surface area (Å²) in [5.74, 6) is 0. The van der Waals surface area contributed by atoms with Gasteiger partial charge in [0, 0.05) is 26.2 Å². The number of nitrogens with zero attached hydrogens (tertiary/aromatic N) is 2. The van der Waals surface area contributed by atoms with Crippen molar-refractivity contribution in [2.24, 2.45) is 0 Å². The number of thiophene rings is 1. The first-order valence-electron chi connectivity index (χ1n) is 11.1. The lowest BCUT2D eigenvalue weighted by atomic mass is 10.0. The van der Waals surface area contributed by atoms with E-state index in [0.717, 1.165) is 30.5 Å². The molecular formula is C29H15ClN2S2. The van der Waals surface area contributed by atoms with Gasteiger partial charge in [0.15, 0.2) is 5.13 Å². The normalized spacial score (nSPS) is 12.3. The van der Waals surface area contributed by atoms with Crippen molar-refractivity contribution in [2.75, 3.05) is 0 Å². The minimum atomic E-state index is 0.798. The van der Waals surface area contributed by atoms with E-state index in [1.807, 2.05) is 0 Å². The number of hydrogen-bond donors (Lipinski definition) is 0. The molecule has 0 saturated carbocycles. The largest absolute Gasteiger partial charge is 0.285 e. The average molecular weight is 491 g/mol. The van der Waals surface area contributed by atoms with Crippen LogP contribution in [0.15, 0.2) is 91.0 Å². The average Bonchev–Trinajstić information content (AvgIpc) is 3.55. The third-order valence-corrected chi connectivity index (χ3v) is 9.30. The van der Waals surface area contributed by atoms with Crippen LogP contribution in [-0.4, -0.2) is 9.55 Å². The molecule has 0 fully saturated rings. The van der Waals surface area contributed by atoms with Crippen molar-refractivity contribution in [2.45, 2.75) is 0 Å². The standard InChI is InChI=1S/C29H15ClN2S2/c30-20-15-24-27(26-19-10-4-6-12-23(19)33-28(20)26)31-29(34-24)32-21-11-5-3-9-18(21)25-17-8-2-1-7-16(17)13-14-22(25)32/h1-15H. The molecule has 0 saturated heterocycles. The Morgan fingerprint density at radius 3 is 2.32 bits per heavy atom. The van der Waals surface area contributed by atoms with Crippen LogP contribution in [0.2, 0.25) is 5.02 Å². The third-order valence-electron chi connectivity index (χ3n) is 6.70. The van der Waals surface area contributed by atoms with E-state index in [0.29, 0.717) is 0 Å². The second-order valence-corrected chi connectivity index (χ2v) is 11.0. The lowest BCUT2D eigenvalue weighted by Gasteiger charge is -2.04. The van der Waals surface area contributed by atoms with Crippen molar-refractivity contribution in [3.63, 3.8) is 0 Å². The van der Waals surface area contributed by atoms with Gasteiger partial charge in [-0.2, -0.15) is 0 Å². The van der Waals surface area contributed by atoms with Gasteiger partial charge in [0.05, 0.1) is 31.0 Å². The molecule has 34 heavy (non-hydrogen) atoms. The molecule has 0 unspecified atom stereocenters. The van der Waals surface area contributed by atoms with Crippen LogP contribution in [0.25, 0.3) is 68.1 Å². The molecule has 0 bridgehead atoms. The fraction of sp³-hybridized carbons (Fsp3) is 0. The molecule has 5 aromatic carbocycles. The molecular weight excluding hydrogens is 476 g/mol. The van der Waals surface area contributed by atoms with E-state index in [2.05, 4.69) is 95.6 Å². The van der Waals surface area contributed by atoms with Gasteiger partial charge in [-0.05, 0) is 35.0 Å². The number of aromatic nitrogens is 2. The zero-order chi connectivity index (χ0) is 22.4. The SMILES string of the molecule is Clc1cc2sc(-n3c4ccccc4c4c5ccccc5ccc43)nc2c2c1sc1ccccc12. The van der Waals surface area contributed by atoms with Crippen LogP contribution in [0.5, 0.6) is 0 Å². The van der Waals surface area contributed by atoms with Gasteiger partial charge in [-0.15, -0.1) is 11.3 Å². The Balaban J connectivity index is 1.54. The second kappa shape index (κ2) is 6.80. The number of halogens is 1. The van der Waals surface area contributed by atoms with E-state index >= 15 is 0 Å². The van der Waals surface area contributed by atoms with Gasteiger partial charge in [0.25, 0.3) is 0 Å². The second-order valence-electron chi connectivity index (χ2n) is 8.54. The van der Waals surface area contributed by atoms with Crippen molar-refractivity contribution in [3.8, 4) is 5.13 Å². The maximum Gasteiger partial charge on any atom is 0.195 e. The first-order chi connectivity index (χ1) is 16.8. The molecule has 5 heteroatoms. The zero-order valence-corrected chi connectivity index (χ0v) is 20.1. The van der Waals surface area contributed by atoms with Crippen LogP contribution in [0.1, 0.15) is 0 Å². The molecule has 2 nitrogen and oxygen atoms in total. The lowest BCUT2D eigenvalue weighted by molar-refractivity contribution is 1.15. The molecule has 0 atom stereocenters. The van der Waals surface area contributed by atoms with Crippen molar-refractivity contribution < 1.29 is 0 Å². The molecule has 3 heterocycles. The summed E-state index contributed by atoms with van der Waals surface area (Å²) in [6.45, 7) is 0. The summed E-state index contributed by atoms with van der Waals surface area (Å²) in [6.07, 6.45) is 0. The van der Waals surface area contributed by atoms with E-state index in [4.69, 9.17) is 16.6 Å². The number of rotatable bonds is 1. The smallest absolute Gasteiger partial charge is 0.195 e. The van der Waals surface area contributed by atoms with E-state index < -0.39 is 0 Å². The summed E-state index contributed by atoms with van der Waals surface area (Å²) in [7, 11) is 0. The van der Waals surface area contributed by atoms with Gasteiger partial charge in [-0.1, -0.05) is 89.7 Å². The van der Waals surface area contributed by atoms with Crippen LogP contribution in [0.4, 0.5) is 0 Å². The van der Waals surface area contributed by atoms with Gasteiger partial charge < -0.3 is 0 Å².